The summed E-state index contributed by atoms with van der Waals surface area (Å²) >= 11 is 0. The third kappa shape index (κ3) is 4.33. The van der Waals surface area contributed by atoms with Crippen molar-refractivity contribution in [3.05, 3.63) is 29.6 Å². The number of hydrogen-bond acceptors (Lipinski definition) is 3. The van der Waals surface area contributed by atoms with Crippen molar-refractivity contribution in [1.29, 1.82) is 0 Å². The molecule has 4 nitrogen and oxygen atoms in total. The second-order valence-corrected chi connectivity index (χ2v) is 5.06. The minimum absolute atomic E-state index is 0.129. The van der Waals surface area contributed by atoms with Crippen molar-refractivity contribution < 1.29 is 19.4 Å². The van der Waals surface area contributed by atoms with Crippen molar-refractivity contribution in [1.82, 2.24) is 5.32 Å². The van der Waals surface area contributed by atoms with E-state index in [1.165, 1.54) is 12.1 Å². The number of aromatic hydroxyl groups is 1. The van der Waals surface area contributed by atoms with Crippen LogP contribution < -0.4 is 5.32 Å². The van der Waals surface area contributed by atoms with Crippen LogP contribution in [0.15, 0.2) is 18.2 Å². The van der Waals surface area contributed by atoms with E-state index in [-0.39, 0.29) is 17.4 Å². The molecule has 0 aliphatic carbocycles. The van der Waals surface area contributed by atoms with Gasteiger partial charge in [-0.3, -0.25) is 4.79 Å². The predicted molar refractivity (Wildman–Crippen MR) is 65.9 cm³/mol. The highest BCUT2D eigenvalue weighted by molar-refractivity contribution is 5.94. The molecular weight excluding hydrogens is 237 g/mol. The third-order valence-electron chi connectivity index (χ3n) is 2.38. The number of halogens is 1. The Bertz CT molecular complexity index is 440. The Morgan fingerprint density at radius 2 is 2.11 bits per heavy atom. The van der Waals surface area contributed by atoms with Crippen molar-refractivity contribution in [2.45, 2.75) is 38.8 Å². The molecule has 1 rings (SSSR count). The molecule has 1 amide bonds. The van der Waals surface area contributed by atoms with E-state index < -0.39 is 17.3 Å². The smallest absolute Gasteiger partial charge is 0.254 e. The predicted octanol–water partition coefficient (Wildman–Crippen LogP) is 1.81. The second kappa shape index (κ2) is 5.35. The summed E-state index contributed by atoms with van der Waals surface area (Å²) in [6.45, 7) is 5.00. The molecule has 5 heteroatoms. The summed E-state index contributed by atoms with van der Waals surface area (Å²) in [5.41, 5.74) is -1.03. The molecule has 3 N–H and O–H groups in total. The van der Waals surface area contributed by atoms with Gasteiger partial charge in [-0.15, -0.1) is 0 Å². The number of amides is 1. The second-order valence-electron chi connectivity index (χ2n) is 5.06. The SMILES string of the molecule is CC(CC(C)(C)O)NC(=O)c1ccc(O)cc1F. The number of carbonyl (C=O) groups is 1. The molecule has 1 unspecified atom stereocenters. The molecule has 0 saturated heterocycles. The Labute approximate surface area is 105 Å². The van der Waals surface area contributed by atoms with Gasteiger partial charge in [-0.05, 0) is 39.3 Å². The van der Waals surface area contributed by atoms with E-state index >= 15 is 0 Å². The zero-order valence-corrected chi connectivity index (χ0v) is 10.7. The van der Waals surface area contributed by atoms with Gasteiger partial charge in [0.2, 0.25) is 0 Å². The van der Waals surface area contributed by atoms with Gasteiger partial charge in [0.05, 0.1) is 11.2 Å². The van der Waals surface area contributed by atoms with E-state index in [0.717, 1.165) is 6.07 Å². The summed E-state index contributed by atoms with van der Waals surface area (Å²) in [6, 6.07) is 3.07. The van der Waals surface area contributed by atoms with Gasteiger partial charge in [0.15, 0.2) is 0 Å². The van der Waals surface area contributed by atoms with E-state index in [1.807, 2.05) is 0 Å². The highest BCUT2D eigenvalue weighted by Crippen LogP contribution is 2.16. The number of rotatable bonds is 4. The summed E-state index contributed by atoms with van der Waals surface area (Å²) in [5.74, 6) is -1.57. The van der Waals surface area contributed by atoms with Gasteiger partial charge in [-0.25, -0.2) is 4.39 Å². The lowest BCUT2D eigenvalue weighted by atomic mass is 10.00. The molecule has 0 saturated carbocycles. The first-order chi connectivity index (χ1) is 8.19. The van der Waals surface area contributed by atoms with Gasteiger partial charge in [0, 0.05) is 12.1 Å². The number of phenolic OH excluding ortho intramolecular Hbond substituents is 1. The van der Waals surface area contributed by atoms with E-state index in [2.05, 4.69) is 5.32 Å². The van der Waals surface area contributed by atoms with Gasteiger partial charge in [0.25, 0.3) is 5.91 Å². The average Bonchev–Trinajstić information content (AvgIpc) is 2.13. The fourth-order valence-electron chi connectivity index (χ4n) is 1.79. The summed E-state index contributed by atoms with van der Waals surface area (Å²) in [7, 11) is 0. The summed E-state index contributed by atoms with van der Waals surface area (Å²) in [5, 5.41) is 21.2. The lowest BCUT2D eigenvalue weighted by Gasteiger charge is -2.23. The van der Waals surface area contributed by atoms with E-state index in [9.17, 15) is 14.3 Å². The Hall–Kier alpha value is -1.62. The van der Waals surface area contributed by atoms with Crippen LogP contribution in [-0.4, -0.2) is 27.8 Å². The third-order valence-corrected chi connectivity index (χ3v) is 2.38. The number of benzene rings is 1. The lowest BCUT2D eigenvalue weighted by molar-refractivity contribution is 0.0593. The normalized spacial score (nSPS) is 13.2. The van der Waals surface area contributed by atoms with Crippen molar-refractivity contribution in [2.75, 3.05) is 0 Å². The summed E-state index contributed by atoms with van der Waals surface area (Å²) < 4.78 is 13.4. The molecule has 0 bridgehead atoms. The molecule has 1 aromatic carbocycles. The van der Waals surface area contributed by atoms with Gasteiger partial charge < -0.3 is 15.5 Å². The molecule has 0 aliphatic rings. The molecular formula is C13H18FNO3. The van der Waals surface area contributed by atoms with Gasteiger partial charge in [0.1, 0.15) is 11.6 Å². The first kappa shape index (κ1) is 14.4. The van der Waals surface area contributed by atoms with Crippen molar-refractivity contribution >= 4 is 5.91 Å². The topological polar surface area (TPSA) is 69.6 Å². The monoisotopic (exact) mass is 255 g/mol. The highest BCUT2D eigenvalue weighted by atomic mass is 19.1. The summed E-state index contributed by atoms with van der Waals surface area (Å²) in [4.78, 5) is 11.8. The van der Waals surface area contributed by atoms with E-state index in [1.54, 1.807) is 20.8 Å². The largest absolute Gasteiger partial charge is 0.508 e. The van der Waals surface area contributed by atoms with Crippen LogP contribution in [0.3, 0.4) is 0 Å². The fraction of sp³-hybridized carbons (Fsp3) is 0.462. The average molecular weight is 255 g/mol. The van der Waals surface area contributed by atoms with Crippen LogP contribution in [0.5, 0.6) is 5.75 Å². The molecule has 0 aromatic heterocycles. The van der Waals surface area contributed by atoms with Crippen LogP contribution in [0, 0.1) is 5.82 Å². The zero-order chi connectivity index (χ0) is 13.9. The van der Waals surface area contributed by atoms with Gasteiger partial charge in [-0.2, -0.15) is 0 Å². The maximum absolute atomic E-state index is 13.4. The summed E-state index contributed by atoms with van der Waals surface area (Å²) in [6.07, 6.45) is 0.360. The van der Waals surface area contributed by atoms with Crippen LogP contribution in [0.2, 0.25) is 0 Å². The molecule has 100 valence electrons. The van der Waals surface area contributed by atoms with Crippen LogP contribution in [-0.2, 0) is 0 Å². The minimum Gasteiger partial charge on any atom is -0.508 e. The van der Waals surface area contributed by atoms with Crippen LogP contribution >= 0.6 is 0 Å². The Kier molecular flexibility index (Phi) is 4.29. The number of phenols is 1. The molecule has 0 aliphatic heterocycles. The molecule has 1 aromatic rings. The van der Waals surface area contributed by atoms with Crippen LogP contribution in [0.25, 0.3) is 0 Å². The molecule has 0 spiro atoms. The van der Waals surface area contributed by atoms with Crippen LogP contribution in [0.1, 0.15) is 37.6 Å². The molecule has 0 heterocycles. The number of aliphatic hydroxyl groups is 1. The fourth-order valence-corrected chi connectivity index (χ4v) is 1.79. The lowest BCUT2D eigenvalue weighted by Crippen LogP contribution is -2.38. The zero-order valence-electron chi connectivity index (χ0n) is 10.7. The first-order valence-electron chi connectivity index (χ1n) is 5.71. The Morgan fingerprint density at radius 1 is 1.50 bits per heavy atom. The molecule has 0 fully saturated rings. The molecule has 1 atom stereocenters. The maximum Gasteiger partial charge on any atom is 0.254 e. The van der Waals surface area contributed by atoms with Gasteiger partial charge >= 0.3 is 0 Å². The van der Waals surface area contributed by atoms with E-state index in [0.29, 0.717) is 6.42 Å². The van der Waals surface area contributed by atoms with E-state index in [4.69, 9.17) is 5.11 Å². The maximum atomic E-state index is 13.4. The van der Waals surface area contributed by atoms with Crippen molar-refractivity contribution in [2.24, 2.45) is 0 Å². The number of hydrogen-bond donors (Lipinski definition) is 3. The standard InChI is InChI=1S/C13H18FNO3/c1-8(7-13(2,3)18)15-12(17)10-5-4-9(16)6-11(10)14/h4-6,8,16,18H,7H2,1-3H3,(H,15,17). The minimum atomic E-state index is -0.903. The molecule has 0 radical (unpaired) electrons. The quantitative estimate of drug-likeness (QED) is 0.768. The van der Waals surface area contributed by atoms with Crippen molar-refractivity contribution in [3.63, 3.8) is 0 Å². The molecule has 18 heavy (non-hydrogen) atoms. The highest BCUT2D eigenvalue weighted by Gasteiger charge is 2.20. The Balaban J connectivity index is 2.71. The number of carbonyl (C=O) groups excluding carboxylic acids is 1. The van der Waals surface area contributed by atoms with Gasteiger partial charge in [-0.1, -0.05) is 0 Å². The van der Waals surface area contributed by atoms with Crippen molar-refractivity contribution in [3.8, 4) is 5.75 Å². The number of nitrogens with one attached hydrogen (secondary N) is 1. The van der Waals surface area contributed by atoms with Crippen LogP contribution in [0.4, 0.5) is 4.39 Å². The Morgan fingerprint density at radius 3 is 2.61 bits per heavy atom. The first-order valence-corrected chi connectivity index (χ1v) is 5.71.